The van der Waals surface area contributed by atoms with Crippen LogP contribution in [0, 0.1) is 5.82 Å². The summed E-state index contributed by atoms with van der Waals surface area (Å²) in [6, 6.07) is 14.5. The van der Waals surface area contributed by atoms with Gasteiger partial charge >= 0.3 is 0 Å². The van der Waals surface area contributed by atoms with Crippen LogP contribution in [0.4, 0.5) is 4.39 Å². The lowest BCUT2D eigenvalue weighted by atomic mass is 10.0. The fourth-order valence-electron chi connectivity index (χ4n) is 2.84. The van der Waals surface area contributed by atoms with E-state index in [1.54, 1.807) is 12.1 Å². The van der Waals surface area contributed by atoms with Crippen molar-refractivity contribution in [3.63, 3.8) is 0 Å². The summed E-state index contributed by atoms with van der Waals surface area (Å²) in [4.78, 5) is 0. The number of nitrogens with one attached hydrogen (secondary N) is 1. The Hall–Kier alpha value is -2.11. The molecule has 4 nitrogen and oxygen atoms in total. The van der Waals surface area contributed by atoms with E-state index in [1.165, 1.54) is 6.07 Å². The fraction of sp³-hybridized carbons (Fsp3) is 0.400. The van der Waals surface area contributed by atoms with Gasteiger partial charge in [0, 0.05) is 13.1 Å². The summed E-state index contributed by atoms with van der Waals surface area (Å²) in [5.41, 5.74) is 0.945. The Balaban J connectivity index is 1.90. The molecule has 1 aliphatic rings. The largest absolute Gasteiger partial charge is 0.490 e. The van der Waals surface area contributed by atoms with Crippen LogP contribution in [0.25, 0.3) is 0 Å². The highest BCUT2D eigenvalue weighted by Crippen LogP contribution is 2.36. The Kier molecular flexibility index (Phi) is 6.25. The van der Waals surface area contributed by atoms with E-state index < -0.39 is 11.9 Å². The Morgan fingerprint density at radius 1 is 1.20 bits per heavy atom. The first-order valence-electron chi connectivity index (χ1n) is 8.75. The maximum atomic E-state index is 14.5. The summed E-state index contributed by atoms with van der Waals surface area (Å²) < 4.78 is 32.1. The average molecular weight is 345 g/mol. The summed E-state index contributed by atoms with van der Waals surface area (Å²) in [7, 11) is 0. The number of ether oxygens (including phenoxy) is 3. The molecule has 134 valence electrons. The molecule has 1 fully saturated rings. The second-order valence-electron chi connectivity index (χ2n) is 5.98. The van der Waals surface area contributed by atoms with Crippen molar-refractivity contribution >= 4 is 0 Å². The minimum Gasteiger partial charge on any atom is -0.490 e. The zero-order valence-corrected chi connectivity index (χ0v) is 14.4. The average Bonchev–Trinajstić information content (AvgIpc) is 2.67. The van der Waals surface area contributed by atoms with Gasteiger partial charge in [0.05, 0.1) is 13.2 Å². The maximum absolute atomic E-state index is 14.5. The lowest BCUT2D eigenvalue weighted by Gasteiger charge is -2.32. The van der Waals surface area contributed by atoms with Crippen LogP contribution < -0.4 is 14.8 Å². The van der Waals surface area contributed by atoms with Crippen molar-refractivity contribution < 1.29 is 18.6 Å². The predicted octanol–water partition coefficient (Wildman–Crippen LogP) is 3.72. The number of benzene rings is 2. The van der Waals surface area contributed by atoms with Crippen LogP contribution in [0.1, 0.15) is 25.0 Å². The summed E-state index contributed by atoms with van der Waals surface area (Å²) in [5, 5.41) is 3.30. The zero-order valence-electron chi connectivity index (χ0n) is 14.4. The number of morpholine rings is 1. The molecule has 0 unspecified atom stereocenters. The highest BCUT2D eigenvalue weighted by molar-refractivity contribution is 5.41. The monoisotopic (exact) mass is 345 g/mol. The molecule has 25 heavy (non-hydrogen) atoms. The Labute approximate surface area is 147 Å². The van der Waals surface area contributed by atoms with Gasteiger partial charge in [-0.05, 0) is 24.1 Å². The highest BCUT2D eigenvalue weighted by Gasteiger charge is 2.29. The van der Waals surface area contributed by atoms with E-state index >= 15 is 0 Å². The predicted molar refractivity (Wildman–Crippen MR) is 94.6 cm³/mol. The van der Waals surface area contributed by atoms with Crippen LogP contribution in [0.2, 0.25) is 0 Å². The second kappa shape index (κ2) is 8.83. The molecule has 1 N–H and O–H groups in total. The van der Waals surface area contributed by atoms with Crippen LogP contribution in [-0.4, -0.2) is 32.4 Å². The smallest absolute Gasteiger partial charge is 0.197 e. The Morgan fingerprint density at radius 2 is 2.04 bits per heavy atom. The van der Waals surface area contributed by atoms with E-state index in [2.05, 4.69) is 5.32 Å². The van der Waals surface area contributed by atoms with Crippen LogP contribution in [0.3, 0.4) is 0 Å². The van der Waals surface area contributed by atoms with E-state index in [0.717, 1.165) is 18.5 Å². The van der Waals surface area contributed by atoms with Crippen LogP contribution in [0.5, 0.6) is 11.5 Å². The van der Waals surface area contributed by atoms with Crippen LogP contribution >= 0.6 is 0 Å². The highest BCUT2D eigenvalue weighted by atomic mass is 19.1. The van der Waals surface area contributed by atoms with Crippen molar-refractivity contribution in [1.82, 2.24) is 5.32 Å². The molecular weight excluding hydrogens is 321 g/mol. The van der Waals surface area contributed by atoms with Gasteiger partial charge in [0.15, 0.2) is 23.4 Å². The molecule has 0 aromatic heterocycles. The normalized spacial score (nSPS) is 18.6. The van der Waals surface area contributed by atoms with Crippen LogP contribution in [-0.2, 0) is 4.74 Å². The van der Waals surface area contributed by atoms with Gasteiger partial charge < -0.3 is 19.5 Å². The van der Waals surface area contributed by atoms with Gasteiger partial charge in [-0.1, -0.05) is 43.3 Å². The number of hydrogen-bond acceptors (Lipinski definition) is 4. The SMILES string of the molecule is CCCOc1cccc(F)c1O[C@@H](c1ccccc1)[C@@H]1CNCCO1. The molecule has 0 bridgehead atoms. The van der Waals surface area contributed by atoms with Crippen LogP contribution in [0.15, 0.2) is 48.5 Å². The Bertz CT molecular complexity index is 659. The summed E-state index contributed by atoms with van der Waals surface area (Å²) in [5.74, 6) is 0.129. The van der Waals surface area contributed by atoms with Gasteiger partial charge in [-0.15, -0.1) is 0 Å². The van der Waals surface area contributed by atoms with Gasteiger partial charge in [0.2, 0.25) is 0 Å². The van der Waals surface area contributed by atoms with Gasteiger partial charge in [-0.3, -0.25) is 0 Å². The molecule has 1 heterocycles. The van der Waals surface area contributed by atoms with Gasteiger partial charge in [0.1, 0.15) is 6.10 Å². The van der Waals surface area contributed by atoms with Crippen molar-refractivity contribution in [3.05, 3.63) is 59.9 Å². The lowest BCUT2D eigenvalue weighted by Crippen LogP contribution is -2.43. The molecule has 0 amide bonds. The quantitative estimate of drug-likeness (QED) is 0.830. The van der Waals surface area contributed by atoms with E-state index in [-0.39, 0.29) is 11.9 Å². The van der Waals surface area contributed by atoms with E-state index in [0.29, 0.717) is 25.5 Å². The third-order valence-corrected chi connectivity index (χ3v) is 4.06. The number of rotatable bonds is 7. The van der Waals surface area contributed by atoms with Gasteiger partial charge in [-0.2, -0.15) is 0 Å². The third-order valence-electron chi connectivity index (χ3n) is 4.06. The zero-order chi connectivity index (χ0) is 17.5. The van der Waals surface area contributed by atoms with Gasteiger partial charge in [-0.25, -0.2) is 4.39 Å². The number of halogens is 1. The second-order valence-corrected chi connectivity index (χ2v) is 5.98. The number of para-hydroxylation sites is 1. The lowest BCUT2D eigenvalue weighted by molar-refractivity contribution is -0.0450. The summed E-state index contributed by atoms with van der Waals surface area (Å²) >= 11 is 0. The van der Waals surface area contributed by atoms with Crippen molar-refractivity contribution in [2.24, 2.45) is 0 Å². The molecular formula is C20H24FNO3. The molecule has 0 saturated carbocycles. The minimum atomic E-state index is -0.432. The molecule has 1 aliphatic heterocycles. The minimum absolute atomic E-state index is 0.138. The van der Waals surface area contributed by atoms with Crippen molar-refractivity contribution in [1.29, 1.82) is 0 Å². The molecule has 0 spiro atoms. The molecule has 1 saturated heterocycles. The van der Waals surface area contributed by atoms with Gasteiger partial charge in [0.25, 0.3) is 0 Å². The van der Waals surface area contributed by atoms with Crippen molar-refractivity contribution in [2.75, 3.05) is 26.3 Å². The van der Waals surface area contributed by atoms with Crippen molar-refractivity contribution in [3.8, 4) is 11.5 Å². The summed E-state index contributed by atoms with van der Waals surface area (Å²) in [6.45, 7) is 4.58. The molecule has 0 radical (unpaired) electrons. The molecule has 0 aliphatic carbocycles. The van der Waals surface area contributed by atoms with Crippen molar-refractivity contribution in [2.45, 2.75) is 25.6 Å². The topological polar surface area (TPSA) is 39.7 Å². The standard InChI is InChI=1S/C20H24FNO3/c1-2-12-23-17-10-6-9-16(21)20(17)25-19(15-7-4-3-5-8-15)18-14-22-11-13-24-18/h3-10,18-19,22H,2,11-14H2,1H3/t18-,19-/m0/s1. The first-order chi connectivity index (χ1) is 12.3. The third kappa shape index (κ3) is 4.50. The fourth-order valence-corrected chi connectivity index (χ4v) is 2.84. The molecule has 2 aromatic carbocycles. The number of hydrogen-bond donors (Lipinski definition) is 1. The first kappa shape index (κ1) is 17.7. The maximum Gasteiger partial charge on any atom is 0.197 e. The first-order valence-corrected chi connectivity index (χ1v) is 8.75. The Morgan fingerprint density at radius 3 is 2.76 bits per heavy atom. The van der Waals surface area contributed by atoms with E-state index in [1.807, 2.05) is 37.3 Å². The van der Waals surface area contributed by atoms with E-state index in [4.69, 9.17) is 14.2 Å². The summed E-state index contributed by atoms with van der Waals surface area (Å²) in [6.07, 6.45) is 0.220. The molecule has 2 aromatic rings. The molecule has 3 rings (SSSR count). The molecule has 2 atom stereocenters. The van der Waals surface area contributed by atoms with E-state index in [9.17, 15) is 4.39 Å². The molecule has 5 heteroatoms.